The highest BCUT2D eigenvalue weighted by molar-refractivity contribution is 5.97. The van der Waals surface area contributed by atoms with Gasteiger partial charge >= 0.3 is 0 Å². The second kappa shape index (κ2) is 8.02. The maximum atomic E-state index is 12.4. The van der Waals surface area contributed by atoms with Crippen LogP contribution in [0, 0.1) is 18.3 Å². The second-order valence-electron chi connectivity index (χ2n) is 5.59. The van der Waals surface area contributed by atoms with E-state index >= 15 is 0 Å². The van der Waals surface area contributed by atoms with E-state index in [4.69, 9.17) is 10.00 Å². The van der Waals surface area contributed by atoms with Gasteiger partial charge in [-0.1, -0.05) is 18.2 Å². The fourth-order valence-electron chi connectivity index (χ4n) is 2.29. The zero-order chi connectivity index (χ0) is 17.5. The molecule has 0 saturated heterocycles. The summed E-state index contributed by atoms with van der Waals surface area (Å²) in [6, 6.07) is 14.8. The normalized spacial score (nSPS) is 11.2. The Kier molecular flexibility index (Phi) is 5.80. The van der Waals surface area contributed by atoms with Gasteiger partial charge < -0.3 is 15.4 Å². The number of nitriles is 1. The number of amides is 1. The van der Waals surface area contributed by atoms with Crippen molar-refractivity contribution >= 4 is 17.3 Å². The van der Waals surface area contributed by atoms with Crippen LogP contribution < -0.4 is 15.4 Å². The van der Waals surface area contributed by atoms with E-state index in [2.05, 4.69) is 16.7 Å². The van der Waals surface area contributed by atoms with Crippen LogP contribution in [0.1, 0.15) is 18.1 Å². The fraction of sp³-hybridized carbons (Fsp3) is 0.263. The van der Waals surface area contributed by atoms with E-state index in [0.717, 1.165) is 16.8 Å². The molecule has 0 bridgehead atoms. The molecule has 0 saturated carbocycles. The summed E-state index contributed by atoms with van der Waals surface area (Å²) in [5, 5.41) is 14.7. The highest BCUT2D eigenvalue weighted by Gasteiger charge is 2.15. The number of benzene rings is 2. The Balaban J connectivity index is 2.02. The van der Waals surface area contributed by atoms with E-state index in [1.165, 1.54) is 0 Å². The first-order valence-corrected chi connectivity index (χ1v) is 7.71. The molecule has 5 heteroatoms. The highest BCUT2D eigenvalue weighted by atomic mass is 16.5. The Hall–Kier alpha value is -3.00. The Bertz CT molecular complexity index is 748. The van der Waals surface area contributed by atoms with Crippen LogP contribution in [-0.2, 0) is 11.2 Å². The Morgan fingerprint density at radius 2 is 1.96 bits per heavy atom. The number of carbonyl (C=O) groups is 1. The highest BCUT2D eigenvalue weighted by Crippen LogP contribution is 2.25. The molecule has 0 unspecified atom stereocenters. The van der Waals surface area contributed by atoms with Crippen LogP contribution in [0.3, 0.4) is 0 Å². The summed E-state index contributed by atoms with van der Waals surface area (Å²) in [6.45, 7) is 3.75. The summed E-state index contributed by atoms with van der Waals surface area (Å²) in [6.07, 6.45) is 0.378. The van der Waals surface area contributed by atoms with Crippen molar-refractivity contribution in [1.82, 2.24) is 0 Å². The molecule has 0 aliphatic rings. The molecule has 2 rings (SSSR count). The first-order chi connectivity index (χ1) is 11.5. The maximum Gasteiger partial charge on any atom is 0.246 e. The number of anilines is 2. The lowest BCUT2D eigenvalue weighted by atomic mass is 10.1. The molecule has 0 fully saturated rings. The van der Waals surface area contributed by atoms with Gasteiger partial charge in [-0.25, -0.2) is 0 Å². The minimum atomic E-state index is -0.419. The van der Waals surface area contributed by atoms with Gasteiger partial charge in [-0.3, -0.25) is 4.79 Å². The van der Waals surface area contributed by atoms with Gasteiger partial charge in [0.25, 0.3) is 0 Å². The van der Waals surface area contributed by atoms with Gasteiger partial charge in [0.05, 0.1) is 25.3 Å². The van der Waals surface area contributed by atoms with E-state index in [0.29, 0.717) is 17.9 Å². The molecule has 0 heterocycles. The lowest BCUT2D eigenvalue weighted by molar-refractivity contribution is -0.116. The van der Waals surface area contributed by atoms with Crippen molar-refractivity contribution in [3.05, 3.63) is 53.6 Å². The summed E-state index contributed by atoms with van der Waals surface area (Å²) >= 11 is 0. The molecule has 124 valence electrons. The van der Waals surface area contributed by atoms with Crippen LogP contribution in [0.2, 0.25) is 0 Å². The number of ether oxygens (including phenoxy) is 1. The Morgan fingerprint density at radius 3 is 2.58 bits per heavy atom. The fourth-order valence-corrected chi connectivity index (χ4v) is 2.29. The van der Waals surface area contributed by atoms with Crippen molar-refractivity contribution in [3.8, 4) is 11.8 Å². The average Bonchev–Trinajstić information content (AvgIpc) is 2.57. The van der Waals surface area contributed by atoms with Crippen LogP contribution in [0.5, 0.6) is 5.75 Å². The van der Waals surface area contributed by atoms with Crippen molar-refractivity contribution in [2.75, 3.05) is 17.7 Å². The summed E-state index contributed by atoms with van der Waals surface area (Å²) in [4.78, 5) is 12.4. The Labute approximate surface area is 142 Å². The van der Waals surface area contributed by atoms with Crippen LogP contribution >= 0.6 is 0 Å². The largest absolute Gasteiger partial charge is 0.495 e. The topological polar surface area (TPSA) is 74.2 Å². The van der Waals surface area contributed by atoms with Crippen molar-refractivity contribution in [3.63, 3.8) is 0 Å². The predicted octanol–water partition coefficient (Wildman–Crippen LogP) is 3.51. The van der Waals surface area contributed by atoms with Gasteiger partial charge in [0.1, 0.15) is 11.8 Å². The summed E-state index contributed by atoms with van der Waals surface area (Å²) in [5.74, 6) is 0.474. The molecular formula is C19H21N3O2. The van der Waals surface area contributed by atoms with Gasteiger partial charge in [0, 0.05) is 5.69 Å². The quantitative estimate of drug-likeness (QED) is 0.853. The number of aryl methyl sites for hydroxylation is 1. The summed E-state index contributed by atoms with van der Waals surface area (Å²) in [5.41, 5.74) is 3.47. The van der Waals surface area contributed by atoms with Crippen molar-refractivity contribution < 1.29 is 9.53 Å². The van der Waals surface area contributed by atoms with E-state index < -0.39 is 6.04 Å². The van der Waals surface area contributed by atoms with Crippen molar-refractivity contribution in [2.24, 2.45) is 0 Å². The van der Waals surface area contributed by atoms with Gasteiger partial charge in [0.2, 0.25) is 5.91 Å². The molecule has 0 aliphatic carbocycles. The molecular weight excluding hydrogens is 302 g/mol. The van der Waals surface area contributed by atoms with Crippen LogP contribution in [0.15, 0.2) is 42.5 Å². The van der Waals surface area contributed by atoms with Gasteiger partial charge in [-0.05, 0) is 49.2 Å². The van der Waals surface area contributed by atoms with E-state index in [1.54, 1.807) is 14.0 Å². The lowest BCUT2D eigenvalue weighted by Crippen LogP contribution is -2.32. The van der Waals surface area contributed by atoms with Crippen molar-refractivity contribution in [1.29, 1.82) is 5.26 Å². The molecule has 0 spiro atoms. The van der Waals surface area contributed by atoms with Crippen LogP contribution in [-0.4, -0.2) is 19.1 Å². The molecule has 0 aliphatic heterocycles. The van der Waals surface area contributed by atoms with Gasteiger partial charge in [0.15, 0.2) is 0 Å². The number of hydrogen-bond donors (Lipinski definition) is 2. The second-order valence-corrected chi connectivity index (χ2v) is 5.59. The molecule has 1 atom stereocenters. The molecule has 2 N–H and O–H groups in total. The minimum absolute atomic E-state index is 0.153. The molecule has 1 amide bonds. The van der Waals surface area contributed by atoms with Gasteiger partial charge in [-0.2, -0.15) is 5.26 Å². The smallest absolute Gasteiger partial charge is 0.246 e. The van der Waals surface area contributed by atoms with E-state index in [-0.39, 0.29) is 5.91 Å². The zero-order valence-corrected chi connectivity index (χ0v) is 14.1. The number of hydrogen-bond acceptors (Lipinski definition) is 4. The molecule has 2 aromatic rings. The molecule has 0 radical (unpaired) electrons. The summed E-state index contributed by atoms with van der Waals surface area (Å²) in [7, 11) is 1.57. The SMILES string of the molecule is COc1ccc(C)cc1NC(=O)[C@@H](C)Nc1ccc(CC#N)cc1. The van der Waals surface area contributed by atoms with Crippen LogP contribution in [0.4, 0.5) is 11.4 Å². The third kappa shape index (κ3) is 4.50. The van der Waals surface area contributed by atoms with Gasteiger partial charge in [-0.15, -0.1) is 0 Å². The first kappa shape index (κ1) is 17.4. The summed E-state index contributed by atoms with van der Waals surface area (Å²) < 4.78 is 5.27. The third-order valence-corrected chi connectivity index (χ3v) is 3.63. The monoisotopic (exact) mass is 323 g/mol. The van der Waals surface area contributed by atoms with Crippen LogP contribution in [0.25, 0.3) is 0 Å². The number of nitrogens with zero attached hydrogens (tertiary/aromatic N) is 1. The minimum Gasteiger partial charge on any atom is -0.495 e. The standard InChI is InChI=1S/C19H21N3O2/c1-13-4-9-18(24-3)17(12-13)22-19(23)14(2)21-16-7-5-15(6-8-16)10-11-20/h4-9,12,14,21H,10H2,1-3H3,(H,22,23)/t14-/m1/s1. The third-order valence-electron chi connectivity index (χ3n) is 3.63. The molecule has 5 nitrogen and oxygen atoms in total. The molecule has 2 aromatic carbocycles. The number of methoxy groups -OCH3 is 1. The number of rotatable bonds is 6. The first-order valence-electron chi connectivity index (χ1n) is 7.71. The van der Waals surface area contributed by atoms with E-state index in [1.807, 2.05) is 49.4 Å². The predicted molar refractivity (Wildman–Crippen MR) is 95.2 cm³/mol. The Morgan fingerprint density at radius 1 is 1.25 bits per heavy atom. The average molecular weight is 323 g/mol. The maximum absolute atomic E-state index is 12.4. The van der Waals surface area contributed by atoms with E-state index in [9.17, 15) is 4.79 Å². The lowest BCUT2D eigenvalue weighted by Gasteiger charge is -2.17. The zero-order valence-electron chi connectivity index (χ0n) is 14.1. The molecule has 0 aromatic heterocycles. The number of nitrogens with one attached hydrogen (secondary N) is 2. The number of carbonyl (C=O) groups excluding carboxylic acids is 1. The van der Waals surface area contributed by atoms with Crippen molar-refractivity contribution in [2.45, 2.75) is 26.3 Å². The molecule has 24 heavy (non-hydrogen) atoms.